The molecule has 0 bridgehead atoms. The summed E-state index contributed by atoms with van der Waals surface area (Å²) in [6.07, 6.45) is 0.460. The molecule has 2 amide bonds. The zero-order valence-electron chi connectivity index (χ0n) is 11.7. The maximum absolute atomic E-state index is 11.8. The molecule has 6 heteroatoms. The van der Waals surface area contributed by atoms with Gasteiger partial charge in [0.25, 0.3) is 0 Å². The Morgan fingerprint density at radius 3 is 2.70 bits per heavy atom. The van der Waals surface area contributed by atoms with Gasteiger partial charge < -0.3 is 20.5 Å². The van der Waals surface area contributed by atoms with Gasteiger partial charge in [0.05, 0.1) is 13.0 Å². The van der Waals surface area contributed by atoms with Crippen molar-refractivity contribution in [1.29, 1.82) is 0 Å². The van der Waals surface area contributed by atoms with E-state index in [9.17, 15) is 9.59 Å². The van der Waals surface area contributed by atoms with Crippen molar-refractivity contribution in [3.8, 4) is 5.75 Å². The lowest BCUT2D eigenvalue weighted by Gasteiger charge is -2.15. The number of ether oxygens (including phenoxy) is 1. The van der Waals surface area contributed by atoms with Gasteiger partial charge in [-0.1, -0.05) is 13.0 Å². The lowest BCUT2D eigenvalue weighted by molar-refractivity contribution is -0.137. The average Bonchev–Trinajstić information content (AvgIpc) is 2.38. The highest BCUT2D eigenvalue weighted by atomic mass is 16.5. The third kappa shape index (κ3) is 5.60. The van der Waals surface area contributed by atoms with E-state index < -0.39 is 12.0 Å². The molecular weight excluding hydrogens is 260 g/mol. The number of carboxylic acids is 1. The molecule has 0 saturated heterocycles. The number of carbonyl (C=O) groups excluding carboxylic acids is 1. The summed E-state index contributed by atoms with van der Waals surface area (Å²) in [4.78, 5) is 22.4. The molecule has 0 aromatic heterocycles. The van der Waals surface area contributed by atoms with Crippen LogP contribution in [-0.2, 0) is 4.79 Å². The van der Waals surface area contributed by atoms with Gasteiger partial charge in [-0.2, -0.15) is 0 Å². The summed E-state index contributed by atoms with van der Waals surface area (Å²) < 4.78 is 5.33. The molecular formula is C14H20N2O4. The normalized spacial score (nSPS) is 11.5. The topological polar surface area (TPSA) is 87.7 Å². The van der Waals surface area contributed by atoms with Crippen molar-refractivity contribution >= 4 is 17.7 Å². The Morgan fingerprint density at radius 2 is 2.10 bits per heavy atom. The van der Waals surface area contributed by atoms with Gasteiger partial charge in [-0.3, -0.25) is 4.79 Å². The van der Waals surface area contributed by atoms with E-state index in [1.807, 2.05) is 13.8 Å². The Kier molecular flexibility index (Phi) is 6.36. The van der Waals surface area contributed by atoms with Crippen LogP contribution < -0.4 is 15.4 Å². The summed E-state index contributed by atoms with van der Waals surface area (Å²) in [7, 11) is 0. The quantitative estimate of drug-likeness (QED) is 0.716. The zero-order valence-corrected chi connectivity index (χ0v) is 11.7. The number of carbonyl (C=O) groups is 2. The monoisotopic (exact) mass is 280 g/mol. The lowest BCUT2D eigenvalue weighted by Crippen LogP contribution is -2.38. The maximum atomic E-state index is 11.8. The van der Waals surface area contributed by atoms with Gasteiger partial charge in [0.2, 0.25) is 0 Å². The van der Waals surface area contributed by atoms with Crippen LogP contribution in [0.25, 0.3) is 0 Å². The van der Waals surface area contributed by atoms with Gasteiger partial charge in [0.15, 0.2) is 0 Å². The number of rotatable bonds is 7. The molecule has 1 rings (SSSR count). The van der Waals surface area contributed by atoms with E-state index in [4.69, 9.17) is 9.84 Å². The van der Waals surface area contributed by atoms with Crippen molar-refractivity contribution in [2.75, 3.05) is 11.9 Å². The summed E-state index contributed by atoms with van der Waals surface area (Å²) in [6, 6.07) is 6.21. The minimum absolute atomic E-state index is 0.0943. The Bertz CT molecular complexity index is 462. The van der Waals surface area contributed by atoms with Gasteiger partial charge in [-0.05, 0) is 25.5 Å². The zero-order chi connectivity index (χ0) is 15.0. The fourth-order valence-electron chi connectivity index (χ4n) is 1.69. The van der Waals surface area contributed by atoms with Gasteiger partial charge in [0.1, 0.15) is 5.75 Å². The van der Waals surface area contributed by atoms with E-state index in [2.05, 4.69) is 10.6 Å². The Morgan fingerprint density at radius 1 is 1.35 bits per heavy atom. The van der Waals surface area contributed by atoms with Crippen molar-refractivity contribution in [3.63, 3.8) is 0 Å². The maximum Gasteiger partial charge on any atom is 0.319 e. The first-order chi connectivity index (χ1) is 9.55. The first-order valence-electron chi connectivity index (χ1n) is 6.57. The first kappa shape index (κ1) is 15.8. The Labute approximate surface area is 118 Å². The SMILES string of the molecule is CCOc1cccc(NC(=O)NC(CC)CC(=O)O)c1. The van der Waals surface area contributed by atoms with Crippen molar-refractivity contribution in [2.24, 2.45) is 0 Å². The lowest BCUT2D eigenvalue weighted by atomic mass is 10.1. The molecule has 1 unspecified atom stereocenters. The average molecular weight is 280 g/mol. The highest BCUT2D eigenvalue weighted by molar-refractivity contribution is 5.89. The van der Waals surface area contributed by atoms with E-state index in [-0.39, 0.29) is 12.5 Å². The summed E-state index contributed by atoms with van der Waals surface area (Å²) in [5, 5.41) is 14.0. The van der Waals surface area contributed by atoms with Crippen molar-refractivity contribution in [2.45, 2.75) is 32.7 Å². The highest BCUT2D eigenvalue weighted by Crippen LogP contribution is 2.17. The molecule has 20 heavy (non-hydrogen) atoms. The van der Waals surface area contributed by atoms with Gasteiger partial charge in [0, 0.05) is 17.8 Å². The number of hydrogen-bond acceptors (Lipinski definition) is 3. The molecule has 0 aliphatic heterocycles. The second-order valence-corrected chi connectivity index (χ2v) is 4.26. The molecule has 6 nitrogen and oxygen atoms in total. The van der Waals surface area contributed by atoms with Gasteiger partial charge in [-0.25, -0.2) is 4.79 Å². The van der Waals surface area contributed by atoms with Gasteiger partial charge in [-0.15, -0.1) is 0 Å². The smallest absolute Gasteiger partial charge is 0.319 e. The second-order valence-electron chi connectivity index (χ2n) is 4.26. The van der Waals surface area contributed by atoms with Crippen LogP contribution >= 0.6 is 0 Å². The van der Waals surface area contributed by atoms with Crippen molar-refractivity contribution in [1.82, 2.24) is 5.32 Å². The van der Waals surface area contributed by atoms with Crippen molar-refractivity contribution < 1.29 is 19.4 Å². The molecule has 1 aromatic rings. The fourth-order valence-corrected chi connectivity index (χ4v) is 1.69. The molecule has 0 radical (unpaired) electrons. The molecule has 0 aliphatic rings. The summed E-state index contributed by atoms with van der Waals surface area (Å²) in [5.41, 5.74) is 0.596. The number of aliphatic carboxylic acids is 1. The van der Waals surface area contributed by atoms with Crippen LogP contribution in [0.5, 0.6) is 5.75 Å². The molecule has 3 N–H and O–H groups in total. The molecule has 0 heterocycles. The summed E-state index contributed by atoms with van der Waals surface area (Å²) >= 11 is 0. The predicted molar refractivity (Wildman–Crippen MR) is 76.1 cm³/mol. The minimum Gasteiger partial charge on any atom is -0.494 e. The second kappa shape index (κ2) is 8.04. The van der Waals surface area contributed by atoms with E-state index in [1.165, 1.54) is 0 Å². The fraction of sp³-hybridized carbons (Fsp3) is 0.429. The minimum atomic E-state index is -0.935. The standard InChI is InChI=1S/C14H20N2O4/c1-3-10(9-13(17)18)15-14(19)16-11-6-5-7-12(8-11)20-4-2/h5-8,10H,3-4,9H2,1-2H3,(H,17,18)(H2,15,16,19). The number of anilines is 1. The molecule has 1 atom stereocenters. The van der Waals surface area contributed by atoms with E-state index in [0.29, 0.717) is 24.5 Å². The van der Waals surface area contributed by atoms with Crippen molar-refractivity contribution in [3.05, 3.63) is 24.3 Å². The van der Waals surface area contributed by atoms with E-state index in [0.717, 1.165) is 0 Å². The van der Waals surface area contributed by atoms with Gasteiger partial charge >= 0.3 is 12.0 Å². The molecule has 0 fully saturated rings. The molecule has 1 aromatic carbocycles. The van der Waals surface area contributed by atoms with Crippen LogP contribution in [0.4, 0.5) is 10.5 Å². The van der Waals surface area contributed by atoms with Crippen LogP contribution in [0.3, 0.4) is 0 Å². The summed E-state index contributed by atoms with van der Waals surface area (Å²) in [5.74, 6) is -0.265. The third-order valence-corrected chi connectivity index (χ3v) is 2.65. The van der Waals surface area contributed by atoms with E-state index >= 15 is 0 Å². The molecule has 110 valence electrons. The predicted octanol–water partition coefficient (Wildman–Crippen LogP) is 2.46. The van der Waals surface area contributed by atoms with Crippen LogP contribution in [0.15, 0.2) is 24.3 Å². The Hall–Kier alpha value is -2.24. The number of hydrogen-bond donors (Lipinski definition) is 3. The van der Waals surface area contributed by atoms with Crippen LogP contribution in [0, 0.1) is 0 Å². The van der Waals surface area contributed by atoms with Crippen LogP contribution in [0.1, 0.15) is 26.7 Å². The van der Waals surface area contributed by atoms with Crippen LogP contribution in [-0.4, -0.2) is 29.8 Å². The number of urea groups is 1. The van der Waals surface area contributed by atoms with Crippen LogP contribution in [0.2, 0.25) is 0 Å². The first-order valence-corrected chi connectivity index (χ1v) is 6.57. The summed E-state index contributed by atoms with van der Waals surface area (Å²) in [6.45, 7) is 4.25. The van der Waals surface area contributed by atoms with E-state index in [1.54, 1.807) is 24.3 Å². The molecule has 0 aliphatic carbocycles. The Balaban J connectivity index is 2.56. The number of benzene rings is 1. The number of nitrogens with one attached hydrogen (secondary N) is 2. The third-order valence-electron chi connectivity index (χ3n) is 2.65. The largest absolute Gasteiger partial charge is 0.494 e. The highest BCUT2D eigenvalue weighted by Gasteiger charge is 2.14. The molecule has 0 saturated carbocycles. The number of amides is 2. The number of carboxylic acid groups (broad SMARTS) is 1. The molecule has 0 spiro atoms.